The predicted molar refractivity (Wildman–Crippen MR) is 145 cm³/mol. The van der Waals surface area contributed by atoms with Crippen LogP contribution in [0.1, 0.15) is 19.8 Å². The molecule has 0 bridgehead atoms. The fraction of sp³-hybridized carbons (Fsp3) is 0.880. The van der Waals surface area contributed by atoms with E-state index in [4.69, 9.17) is 36.5 Å². The molecule has 0 aromatic carbocycles. The van der Waals surface area contributed by atoms with Crippen LogP contribution in [0.4, 0.5) is 0 Å². The van der Waals surface area contributed by atoms with Crippen molar-refractivity contribution in [1.29, 1.82) is 0 Å². The topological polar surface area (TPSA) is 280 Å². The van der Waals surface area contributed by atoms with E-state index in [1.54, 1.807) is 7.05 Å². The van der Waals surface area contributed by atoms with Gasteiger partial charge in [-0.25, -0.2) is 0 Å². The van der Waals surface area contributed by atoms with E-state index in [2.05, 4.69) is 16.0 Å². The second kappa shape index (κ2) is 14.8. The van der Waals surface area contributed by atoms with Crippen LogP contribution in [0.25, 0.3) is 0 Å². The fourth-order valence-electron chi connectivity index (χ4n) is 5.82. The minimum atomic E-state index is -1.85. The van der Waals surface area contributed by atoms with Gasteiger partial charge in [0, 0.05) is 31.1 Å². The molecule has 13 unspecified atom stereocenters. The van der Waals surface area contributed by atoms with Crippen molar-refractivity contribution in [1.82, 2.24) is 16.0 Å². The summed E-state index contributed by atoms with van der Waals surface area (Å²) < 4.78 is 17.9. The Hall–Kier alpha value is -1.51. The van der Waals surface area contributed by atoms with Crippen LogP contribution < -0.4 is 33.2 Å². The van der Waals surface area contributed by atoms with Gasteiger partial charge in [0.15, 0.2) is 12.4 Å². The van der Waals surface area contributed by atoms with E-state index < -0.39 is 84.5 Å². The van der Waals surface area contributed by atoms with Crippen LogP contribution in [0.5, 0.6) is 0 Å². The molecule has 238 valence electrons. The highest BCUT2D eigenvalue weighted by atomic mass is 16.7. The average Bonchev–Trinajstić information content (AvgIpc) is 2.92. The van der Waals surface area contributed by atoms with Crippen LogP contribution in [-0.4, -0.2) is 149 Å². The molecule has 1 saturated carbocycles. The van der Waals surface area contributed by atoms with Crippen molar-refractivity contribution in [3.8, 4) is 0 Å². The van der Waals surface area contributed by atoms with Crippen LogP contribution in [0, 0.1) is 5.92 Å². The highest BCUT2D eigenvalue weighted by Crippen LogP contribution is 2.36. The number of nitrogens with two attached hydrogens (primary N) is 3. The zero-order chi connectivity index (χ0) is 30.5. The van der Waals surface area contributed by atoms with Crippen molar-refractivity contribution < 1.29 is 49.6 Å². The average molecular weight is 593 g/mol. The molecule has 41 heavy (non-hydrogen) atoms. The molecule has 0 radical (unpaired) electrons. The number of likely N-dealkylation sites (N-methyl/N-ethyl adjacent to an activating group) is 1. The van der Waals surface area contributed by atoms with E-state index in [-0.39, 0.29) is 26.2 Å². The summed E-state index contributed by atoms with van der Waals surface area (Å²) >= 11 is 0. The van der Waals surface area contributed by atoms with Crippen LogP contribution >= 0.6 is 0 Å². The number of hydrogen-bond donors (Lipinski definition) is 12. The van der Waals surface area contributed by atoms with Gasteiger partial charge in [0.2, 0.25) is 0 Å². The number of aliphatic hydroxyl groups excluding tert-OH is 5. The summed E-state index contributed by atoms with van der Waals surface area (Å²) in [7, 11) is 1.56. The number of carbonyl (C=O) groups is 1. The fourth-order valence-corrected chi connectivity index (χ4v) is 5.82. The number of hydrogen-bond acceptors (Lipinski definition) is 15. The molecule has 3 aliphatic rings. The van der Waals surface area contributed by atoms with E-state index in [1.165, 1.54) is 6.92 Å². The number of rotatable bonds is 12. The summed E-state index contributed by atoms with van der Waals surface area (Å²) in [6.45, 7) is 1.56. The maximum atomic E-state index is 12.8. The predicted octanol–water partition coefficient (Wildman–Crippen LogP) is -6.12. The van der Waals surface area contributed by atoms with E-state index >= 15 is 0 Å². The third-order valence-corrected chi connectivity index (χ3v) is 8.08. The molecule has 2 heterocycles. The monoisotopic (exact) mass is 592 g/mol. The van der Waals surface area contributed by atoms with Crippen molar-refractivity contribution in [3.63, 3.8) is 0 Å². The first kappa shape index (κ1) is 34.0. The maximum absolute atomic E-state index is 12.8. The summed E-state index contributed by atoms with van der Waals surface area (Å²) in [6, 6.07) is -3.12. The highest BCUT2D eigenvalue weighted by molar-refractivity contribution is 5.81. The Morgan fingerprint density at radius 1 is 1.24 bits per heavy atom. The Morgan fingerprint density at radius 2 is 1.95 bits per heavy atom. The molecule has 0 aromatic heterocycles. The molecule has 15 N–H and O–H groups in total. The molecule has 3 rings (SSSR count). The molecule has 1 amide bonds. The first-order valence-corrected chi connectivity index (χ1v) is 13.9. The van der Waals surface area contributed by atoms with E-state index in [9.17, 15) is 30.3 Å². The molecule has 2 aliphatic heterocycles. The Morgan fingerprint density at radius 3 is 2.59 bits per heavy atom. The normalized spacial score (nSPS) is 41.2. The van der Waals surface area contributed by atoms with Crippen LogP contribution in [-0.2, 0) is 19.0 Å². The first-order valence-electron chi connectivity index (χ1n) is 13.9. The van der Waals surface area contributed by atoms with Crippen LogP contribution in [0.3, 0.4) is 0 Å². The van der Waals surface area contributed by atoms with Gasteiger partial charge < -0.3 is 78.0 Å². The zero-order valence-corrected chi connectivity index (χ0v) is 23.5. The second-order valence-corrected chi connectivity index (χ2v) is 11.3. The van der Waals surface area contributed by atoms with Crippen molar-refractivity contribution in [2.45, 2.75) is 92.4 Å². The smallest absolute Gasteiger partial charge is 0.251 e. The van der Waals surface area contributed by atoms with Crippen LogP contribution in [0.2, 0.25) is 0 Å². The largest absolute Gasteiger partial charge is 0.492 e. The van der Waals surface area contributed by atoms with Gasteiger partial charge in [0.25, 0.3) is 5.91 Å². The molecule has 13 atom stereocenters. The van der Waals surface area contributed by atoms with Gasteiger partial charge in [-0.3, -0.25) is 4.79 Å². The number of ether oxygens (including phenoxy) is 3. The first-order chi connectivity index (χ1) is 19.4. The molecular weight excluding hydrogens is 544 g/mol. The van der Waals surface area contributed by atoms with Gasteiger partial charge in [0.05, 0.1) is 37.9 Å². The molecule has 0 aromatic rings. The minimum Gasteiger partial charge on any atom is -0.492 e. The number of carbonyl (C=O) groups excluding carboxylic acids is 1. The lowest BCUT2D eigenvalue weighted by Gasteiger charge is -2.50. The van der Waals surface area contributed by atoms with E-state index in [1.807, 2.05) is 6.08 Å². The summed E-state index contributed by atoms with van der Waals surface area (Å²) in [6.07, 6.45) is -7.12. The number of aliphatic hydroxyl groups is 6. The van der Waals surface area contributed by atoms with E-state index in [0.717, 1.165) is 0 Å². The number of nitrogens with one attached hydrogen (secondary N) is 3. The Kier molecular flexibility index (Phi) is 12.3. The van der Waals surface area contributed by atoms with E-state index in [0.29, 0.717) is 25.3 Å². The molecule has 16 nitrogen and oxygen atoms in total. The van der Waals surface area contributed by atoms with Crippen molar-refractivity contribution in [2.24, 2.45) is 23.1 Å². The Labute approximate surface area is 239 Å². The molecule has 0 spiro atoms. The quantitative estimate of drug-likeness (QED) is 0.0939. The zero-order valence-electron chi connectivity index (χ0n) is 23.5. The SMILES string of the molecule is CNC1C(O)C(OC2C(NC(=O)C(O)C(O)CN)CC(N)C(C3OC(CNCCO)=CCC3N)C2O)OCC1(C)O. The van der Waals surface area contributed by atoms with Gasteiger partial charge in [-0.15, -0.1) is 0 Å². The van der Waals surface area contributed by atoms with Crippen molar-refractivity contribution in [2.75, 3.05) is 39.9 Å². The molecular formula is C25H48N6O10. The lowest BCUT2D eigenvalue weighted by atomic mass is 9.72. The van der Waals surface area contributed by atoms with Gasteiger partial charge in [-0.1, -0.05) is 0 Å². The van der Waals surface area contributed by atoms with Crippen molar-refractivity contribution >= 4 is 5.91 Å². The summed E-state index contributed by atoms with van der Waals surface area (Å²) in [5.41, 5.74) is 16.9. The van der Waals surface area contributed by atoms with Gasteiger partial charge >= 0.3 is 0 Å². The maximum Gasteiger partial charge on any atom is 0.251 e. The highest BCUT2D eigenvalue weighted by Gasteiger charge is 2.53. The number of amides is 1. The standard InChI is InChI=1S/C25H48N6O10/c1-25(38)10-39-24(19(36)22(25)29-2)41-21-14(31-23(37)17(34)15(33)8-26)7-13(28)16(18(21)35)20-12(27)4-3-11(40-20)9-30-5-6-32/h3,12-22,24,29-30,32-36,38H,4-10,26-28H2,1-2H3,(H,31,37). The summed E-state index contributed by atoms with van der Waals surface area (Å²) in [4.78, 5) is 12.8. The van der Waals surface area contributed by atoms with Gasteiger partial charge in [-0.05, 0) is 32.9 Å². The minimum absolute atomic E-state index is 0.0496. The van der Waals surface area contributed by atoms with Gasteiger partial charge in [0.1, 0.15) is 35.8 Å². The third kappa shape index (κ3) is 7.91. The molecule has 2 fully saturated rings. The Balaban J connectivity index is 1.86. The molecule has 1 saturated heterocycles. The Bertz CT molecular complexity index is 884. The lowest BCUT2D eigenvalue weighted by molar-refractivity contribution is -0.297. The summed E-state index contributed by atoms with van der Waals surface area (Å²) in [5.74, 6) is -1.17. The third-order valence-electron chi connectivity index (χ3n) is 8.08. The lowest BCUT2D eigenvalue weighted by Crippen LogP contribution is -2.69. The van der Waals surface area contributed by atoms with Gasteiger partial charge in [-0.2, -0.15) is 0 Å². The molecule has 1 aliphatic carbocycles. The summed E-state index contributed by atoms with van der Waals surface area (Å²) in [5, 5.41) is 70.8. The second-order valence-electron chi connectivity index (χ2n) is 11.3. The van der Waals surface area contributed by atoms with Crippen molar-refractivity contribution in [3.05, 3.63) is 11.8 Å². The van der Waals surface area contributed by atoms with Crippen LogP contribution in [0.15, 0.2) is 11.8 Å². The molecule has 16 heteroatoms.